The van der Waals surface area contributed by atoms with Gasteiger partial charge in [-0.05, 0) is 23.3 Å². The second kappa shape index (κ2) is 5.54. The molecule has 0 saturated carbocycles. The van der Waals surface area contributed by atoms with Gasteiger partial charge in [-0.1, -0.05) is 53.8 Å². The minimum Gasteiger partial charge on any atom is -0.477 e. The van der Waals surface area contributed by atoms with Crippen molar-refractivity contribution < 1.29 is 9.90 Å². The van der Waals surface area contributed by atoms with Gasteiger partial charge in [0.05, 0.1) is 5.69 Å². The van der Waals surface area contributed by atoms with E-state index in [0.717, 1.165) is 5.56 Å². The quantitative estimate of drug-likeness (QED) is 0.766. The van der Waals surface area contributed by atoms with Crippen molar-refractivity contribution in [3.8, 4) is 0 Å². The molecule has 0 bridgehead atoms. The number of rotatable bonds is 4. The lowest BCUT2D eigenvalue weighted by molar-refractivity contribution is 0.0701. The lowest BCUT2D eigenvalue weighted by Gasteiger charge is -2.07. The second-order valence-electron chi connectivity index (χ2n) is 4.73. The third-order valence-corrected chi connectivity index (χ3v) is 4.40. The molecule has 2 N–H and O–H groups in total. The first kappa shape index (κ1) is 13.6. The number of nitrogens with one attached hydrogen (secondary N) is 1. The van der Waals surface area contributed by atoms with E-state index < -0.39 is 5.97 Å². The van der Waals surface area contributed by atoms with E-state index in [1.54, 1.807) is 6.92 Å². The summed E-state index contributed by atoms with van der Waals surface area (Å²) in [5, 5.41) is 15.3. The summed E-state index contributed by atoms with van der Waals surface area (Å²) >= 11 is 1.17. The SMILES string of the molecule is Cc1nc(NCc2cccc3ccccc23)sc1C(=O)O. The zero-order valence-electron chi connectivity index (χ0n) is 11.5. The molecule has 3 aromatic rings. The van der Waals surface area contributed by atoms with Crippen LogP contribution in [0.15, 0.2) is 42.5 Å². The highest BCUT2D eigenvalue weighted by Gasteiger charge is 2.13. The van der Waals surface area contributed by atoms with Gasteiger partial charge in [-0.25, -0.2) is 9.78 Å². The van der Waals surface area contributed by atoms with Gasteiger partial charge in [0.2, 0.25) is 0 Å². The summed E-state index contributed by atoms with van der Waals surface area (Å²) in [6.45, 7) is 2.33. The van der Waals surface area contributed by atoms with Crippen LogP contribution in [0, 0.1) is 6.92 Å². The second-order valence-corrected chi connectivity index (χ2v) is 5.73. The summed E-state index contributed by atoms with van der Waals surface area (Å²) in [6.07, 6.45) is 0. The van der Waals surface area contributed by atoms with Crippen LogP contribution in [0.2, 0.25) is 0 Å². The van der Waals surface area contributed by atoms with E-state index in [-0.39, 0.29) is 4.88 Å². The van der Waals surface area contributed by atoms with Gasteiger partial charge in [-0.2, -0.15) is 0 Å². The van der Waals surface area contributed by atoms with Crippen molar-refractivity contribution in [3.05, 3.63) is 58.6 Å². The normalized spacial score (nSPS) is 10.7. The summed E-state index contributed by atoms with van der Waals surface area (Å²) in [5.74, 6) is -0.928. The largest absolute Gasteiger partial charge is 0.477 e. The molecule has 0 aliphatic heterocycles. The van der Waals surface area contributed by atoms with Gasteiger partial charge < -0.3 is 10.4 Å². The number of anilines is 1. The highest BCUT2D eigenvalue weighted by atomic mass is 32.1. The number of aryl methyl sites for hydroxylation is 1. The molecule has 0 atom stereocenters. The molecule has 2 aromatic carbocycles. The average molecular weight is 298 g/mol. The van der Waals surface area contributed by atoms with Crippen LogP contribution in [0.25, 0.3) is 10.8 Å². The monoisotopic (exact) mass is 298 g/mol. The Bertz CT molecular complexity index is 806. The molecule has 4 nitrogen and oxygen atoms in total. The maximum atomic E-state index is 11.0. The van der Waals surface area contributed by atoms with Crippen molar-refractivity contribution in [1.29, 1.82) is 0 Å². The van der Waals surface area contributed by atoms with Gasteiger partial charge >= 0.3 is 5.97 Å². The number of benzene rings is 2. The zero-order chi connectivity index (χ0) is 14.8. The summed E-state index contributed by atoms with van der Waals surface area (Å²) in [4.78, 5) is 15.6. The Balaban J connectivity index is 1.84. The van der Waals surface area contributed by atoms with Gasteiger partial charge in [-0.3, -0.25) is 0 Å². The van der Waals surface area contributed by atoms with Crippen molar-refractivity contribution in [3.63, 3.8) is 0 Å². The molecule has 0 spiro atoms. The molecule has 0 aliphatic rings. The first-order valence-corrected chi connectivity index (χ1v) is 7.38. The molecule has 0 radical (unpaired) electrons. The van der Waals surface area contributed by atoms with Crippen molar-refractivity contribution in [2.75, 3.05) is 5.32 Å². The standard InChI is InChI=1S/C16H14N2O2S/c1-10-14(15(19)20)21-16(18-10)17-9-12-7-4-6-11-5-2-3-8-13(11)12/h2-8H,9H2,1H3,(H,17,18)(H,19,20). The van der Waals surface area contributed by atoms with E-state index >= 15 is 0 Å². The number of thiazole rings is 1. The van der Waals surface area contributed by atoms with Crippen LogP contribution in [-0.2, 0) is 6.54 Å². The van der Waals surface area contributed by atoms with E-state index in [0.29, 0.717) is 17.4 Å². The Morgan fingerprint density at radius 2 is 2.00 bits per heavy atom. The fourth-order valence-electron chi connectivity index (χ4n) is 2.29. The number of carbonyl (C=O) groups is 1. The molecular formula is C16H14N2O2S. The Labute approximate surface area is 126 Å². The molecule has 1 aromatic heterocycles. The van der Waals surface area contributed by atoms with Crippen LogP contribution in [0.4, 0.5) is 5.13 Å². The van der Waals surface area contributed by atoms with Crippen LogP contribution in [0.5, 0.6) is 0 Å². The number of aromatic carboxylic acids is 1. The third kappa shape index (κ3) is 2.73. The molecule has 0 amide bonds. The van der Waals surface area contributed by atoms with Crippen molar-refractivity contribution in [1.82, 2.24) is 4.98 Å². The summed E-state index contributed by atoms with van der Waals surface area (Å²) in [5.41, 5.74) is 1.71. The molecule has 106 valence electrons. The minimum absolute atomic E-state index is 0.287. The molecule has 5 heteroatoms. The number of carboxylic acid groups (broad SMARTS) is 1. The van der Waals surface area contributed by atoms with Gasteiger partial charge in [0, 0.05) is 6.54 Å². The average Bonchev–Trinajstić information content (AvgIpc) is 2.86. The van der Waals surface area contributed by atoms with Crippen LogP contribution in [0.3, 0.4) is 0 Å². The number of nitrogens with zero attached hydrogens (tertiary/aromatic N) is 1. The predicted octanol–water partition coefficient (Wildman–Crippen LogP) is 3.92. The van der Waals surface area contributed by atoms with Gasteiger partial charge in [0.1, 0.15) is 4.88 Å². The van der Waals surface area contributed by atoms with Crippen LogP contribution in [0.1, 0.15) is 20.9 Å². The Hall–Kier alpha value is -2.40. The molecule has 21 heavy (non-hydrogen) atoms. The maximum Gasteiger partial charge on any atom is 0.347 e. The lowest BCUT2D eigenvalue weighted by Crippen LogP contribution is -1.99. The first-order chi connectivity index (χ1) is 10.1. The topological polar surface area (TPSA) is 62.2 Å². The van der Waals surface area contributed by atoms with Crippen molar-refractivity contribution in [2.24, 2.45) is 0 Å². The van der Waals surface area contributed by atoms with Gasteiger partial charge in [0.15, 0.2) is 5.13 Å². The minimum atomic E-state index is -0.928. The van der Waals surface area contributed by atoms with E-state index in [2.05, 4.69) is 34.6 Å². The molecular weight excluding hydrogens is 284 g/mol. The van der Waals surface area contributed by atoms with Gasteiger partial charge in [0.25, 0.3) is 0 Å². The lowest BCUT2D eigenvalue weighted by atomic mass is 10.0. The van der Waals surface area contributed by atoms with Crippen LogP contribution >= 0.6 is 11.3 Å². The molecule has 3 rings (SSSR count). The number of hydrogen-bond donors (Lipinski definition) is 2. The molecule has 0 aliphatic carbocycles. The predicted molar refractivity (Wildman–Crippen MR) is 85.1 cm³/mol. The highest BCUT2D eigenvalue weighted by Crippen LogP contribution is 2.24. The Kier molecular flexibility index (Phi) is 3.58. The highest BCUT2D eigenvalue weighted by molar-refractivity contribution is 7.17. The fourth-order valence-corrected chi connectivity index (χ4v) is 3.09. The van der Waals surface area contributed by atoms with Crippen LogP contribution in [-0.4, -0.2) is 16.1 Å². The van der Waals surface area contributed by atoms with E-state index in [4.69, 9.17) is 5.11 Å². The third-order valence-electron chi connectivity index (χ3n) is 3.30. The maximum absolute atomic E-state index is 11.0. The number of aromatic nitrogens is 1. The van der Waals surface area contributed by atoms with E-state index in [9.17, 15) is 4.79 Å². The molecule has 0 fully saturated rings. The summed E-state index contributed by atoms with van der Waals surface area (Å²) in [7, 11) is 0. The number of hydrogen-bond acceptors (Lipinski definition) is 4. The van der Waals surface area contributed by atoms with Crippen molar-refractivity contribution in [2.45, 2.75) is 13.5 Å². The van der Waals surface area contributed by atoms with Gasteiger partial charge in [-0.15, -0.1) is 0 Å². The molecule has 0 unspecified atom stereocenters. The van der Waals surface area contributed by atoms with Crippen molar-refractivity contribution >= 4 is 33.2 Å². The van der Waals surface area contributed by atoms with Crippen LogP contribution < -0.4 is 5.32 Å². The fraction of sp³-hybridized carbons (Fsp3) is 0.125. The molecule has 0 saturated heterocycles. The Morgan fingerprint density at radius 1 is 1.24 bits per heavy atom. The summed E-state index contributed by atoms with van der Waals surface area (Å²) < 4.78 is 0. The van der Waals surface area contributed by atoms with E-state index in [1.165, 1.54) is 22.1 Å². The first-order valence-electron chi connectivity index (χ1n) is 6.56. The number of carboxylic acids is 1. The Morgan fingerprint density at radius 3 is 2.76 bits per heavy atom. The smallest absolute Gasteiger partial charge is 0.347 e. The van der Waals surface area contributed by atoms with E-state index in [1.807, 2.05) is 18.2 Å². The summed E-state index contributed by atoms with van der Waals surface area (Å²) in [6, 6.07) is 14.4. The zero-order valence-corrected chi connectivity index (χ0v) is 12.3. The molecule has 1 heterocycles. The number of fused-ring (bicyclic) bond motifs is 1.